The monoisotopic (exact) mass is 430 g/mol. The molecule has 0 amide bonds. The van der Waals surface area contributed by atoms with Crippen molar-refractivity contribution in [2.45, 2.75) is 88.8 Å². The van der Waals surface area contributed by atoms with Gasteiger partial charge in [0.1, 0.15) is 5.72 Å². The first-order chi connectivity index (χ1) is 14.9. The van der Waals surface area contributed by atoms with Crippen molar-refractivity contribution in [2.75, 3.05) is 13.1 Å². The van der Waals surface area contributed by atoms with Gasteiger partial charge in [0.2, 0.25) is 0 Å². The molecule has 0 heterocycles. The molecule has 6 aliphatic rings. The molecule has 0 aromatic rings. The van der Waals surface area contributed by atoms with Crippen LogP contribution in [-0.4, -0.2) is 30.0 Å². The first kappa shape index (κ1) is 21.3. The van der Waals surface area contributed by atoms with Gasteiger partial charge in [-0.3, -0.25) is 0 Å². The lowest BCUT2D eigenvalue weighted by Crippen LogP contribution is -2.63. The Bertz CT molecular complexity index is 714. The highest BCUT2D eigenvalue weighted by Crippen LogP contribution is 2.73. The number of hydrogen-bond acceptors (Lipinski definition) is 5. The third kappa shape index (κ3) is 2.67. The van der Waals surface area contributed by atoms with Gasteiger partial charge < -0.3 is 28.0 Å². The van der Waals surface area contributed by atoms with E-state index in [2.05, 4.69) is 0 Å². The van der Waals surface area contributed by atoms with Crippen LogP contribution in [0.15, 0.2) is 0 Å². The summed E-state index contributed by atoms with van der Waals surface area (Å²) in [5.41, 5.74) is 25.4. The highest BCUT2D eigenvalue weighted by molar-refractivity contribution is 5.21. The summed E-state index contributed by atoms with van der Waals surface area (Å²) in [6, 6.07) is 0.387. The van der Waals surface area contributed by atoms with E-state index < -0.39 is 5.72 Å². The Morgan fingerprint density at radius 1 is 0.806 bits per heavy atom. The molecule has 0 aromatic heterocycles. The molecule has 0 radical (unpaired) electrons. The zero-order chi connectivity index (χ0) is 21.6. The SMILES string of the molecule is NC[C@@H]1CCC[C@]2(C1)[C@H]1C[C@H](CC1C1CC3CC1[C@]1(CCC[C@H](CN)C1)C3N)C2(N)O. The van der Waals surface area contributed by atoms with Gasteiger partial charge in [0.05, 0.1) is 0 Å². The van der Waals surface area contributed by atoms with Gasteiger partial charge in [0, 0.05) is 17.4 Å². The van der Waals surface area contributed by atoms with Crippen LogP contribution in [-0.2, 0) is 0 Å². The number of hydrogen-bond donors (Lipinski definition) is 5. The summed E-state index contributed by atoms with van der Waals surface area (Å²) in [6.45, 7) is 1.57. The Morgan fingerprint density at radius 2 is 1.48 bits per heavy atom. The molecule has 5 nitrogen and oxygen atoms in total. The van der Waals surface area contributed by atoms with Crippen LogP contribution in [0.5, 0.6) is 0 Å². The first-order valence-corrected chi connectivity index (χ1v) is 13.5. The molecule has 176 valence electrons. The van der Waals surface area contributed by atoms with Gasteiger partial charge in [-0.05, 0) is 124 Å². The summed E-state index contributed by atoms with van der Waals surface area (Å²) in [5, 5.41) is 11.6. The molecule has 6 aliphatic carbocycles. The molecule has 6 rings (SSSR count). The van der Waals surface area contributed by atoms with Crippen LogP contribution >= 0.6 is 0 Å². The summed E-state index contributed by atoms with van der Waals surface area (Å²) in [5.74, 6) is 5.10. The average Bonchev–Trinajstić information content (AvgIpc) is 3.51. The summed E-state index contributed by atoms with van der Waals surface area (Å²) >= 11 is 0. The van der Waals surface area contributed by atoms with E-state index in [-0.39, 0.29) is 11.3 Å². The zero-order valence-corrected chi connectivity index (χ0v) is 19.4. The average molecular weight is 431 g/mol. The lowest BCUT2D eigenvalue weighted by Gasteiger charge is -2.57. The normalized spacial score (nSPS) is 60.5. The van der Waals surface area contributed by atoms with E-state index in [0.717, 1.165) is 56.5 Å². The molecule has 9 N–H and O–H groups in total. The molecular weight excluding hydrogens is 384 g/mol. The second-order valence-electron chi connectivity index (χ2n) is 13.1. The third-order valence-electron chi connectivity index (χ3n) is 12.3. The van der Waals surface area contributed by atoms with Crippen molar-refractivity contribution in [3.8, 4) is 0 Å². The number of rotatable bonds is 3. The minimum Gasteiger partial charge on any atom is -0.375 e. The summed E-state index contributed by atoms with van der Waals surface area (Å²) < 4.78 is 0. The van der Waals surface area contributed by atoms with E-state index in [9.17, 15) is 5.11 Å². The Labute approximate surface area is 188 Å². The predicted octanol–water partition coefficient (Wildman–Crippen LogP) is 2.54. The topological polar surface area (TPSA) is 124 Å². The maximum atomic E-state index is 11.6. The molecule has 12 atom stereocenters. The Morgan fingerprint density at radius 3 is 2.16 bits per heavy atom. The lowest BCUT2D eigenvalue weighted by atomic mass is 9.50. The van der Waals surface area contributed by atoms with Crippen LogP contribution in [0.4, 0.5) is 0 Å². The predicted molar refractivity (Wildman–Crippen MR) is 123 cm³/mol. The molecule has 2 spiro atoms. The largest absolute Gasteiger partial charge is 0.375 e. The minimum atomic E-state index is -0.983. The smallest absolute Gasteiger partial charge is 0.122 e. The van der Waals surface area contributed by atoms with Crippen LogP contribution in [0.1, 0.15) is 77.0 Å². The maximum Gasteiger partial charge on any atom is 0.122 e. The highest BCUT2D eigenvalue weighted by atomic mass is 16.3. The molecule has 0 aromatic carbocycles. The minimum absolute atomic E-state index is 0.0909. The van der Waals surface area contributed by atoms with Crippen molar-refractivity contribution >= 4 is 0 Å². The molecule has 6 fully saturated rings. The second kappa shape index (κ2) is 7.15. The Balaban J connectivity index is 1.30. The third-order valence-corrected chi connectivity index (χ3v) is 12.3. The van der Waals surface area contributed by atoms with Gasteiger partial charge in [-0.25, -0.2) is 0 Å². The van der Waals surface area contributed by atoms with Gasteiger partial charge in [0.25, 0.3) is 0 Å². The van der Waals surface area contributed by atoms with Crippen LogP contribution in [0.3, 0.4) is 0 Å². The van der Waals surface area contributed by atoms with E-state index in [0.29, 0.717) is 35.1 Å². The van der Waals surface area contributed by atoms with Gasteiger partial charge in [-0.15, -0.1) is 0 Å². The van der Waals surface area contributed by atoms with Crippen LogP contribution in [0.2, 0.25) is 0 Å². The van der Waals surface area contributed by atoms with Gasteiger partial charge >= 0.3 is 0 Å². The maximum absolute atomic E-state index is 11.6. The van der Waals surface area contributed by atoms with Crippen LogP contribution in [0, 0.1) is 58.2 Å². The van der Waals surface area contributed by atoms with E-state index in [1.807, 2.05) is 0 Å². The highest BCUT2D eigenvalue weighted by Gasteiger charge is 2.72. The summed E-state index contributed by atoms with van der Waals surface area (Å²) in [4.78, 5) is 0. The number of aliphatic hydroxyl groups is 1. The van der Waals surface area contributed by atoms with Crippen LogP contribution < -0.4 is 22.9 Å². The van der Waals surface area contributed by atoms with Gasteiger partial charge in [-0.1, -0.05) is 12.8 Å². The quantitative estimate of drug-likeness (QED) is 0.440. The van der Waals surface area contributed by atoms with Gasteiger partial charge in [-0.2, -0.15) is 0 Å². The fourth-order valence-electron chi connectivity index (χ4n) is 11.1. The number of fused-ring (bicyclic) bond motifs is 6. The lowest BCUT2D eigenvalue weighted by molar-refractivity contribution is -0.168. The van der Waals surface area contributed by atoms with E-state index in [4.69, 9.17) is 22.9 Å². The fraction of sp³-hybridized carbons (Fsp3) is 1.00. The first-order valence-electron chi connectivity index (χ1n) is 13.5. The van der Waals surface area contributed by atoms with E-state index in [1.54, 1.807) is 0 Å². The van der Waals surface area contributed by atoms with E-state index in [1.165, 1.54) is 51.4 Å². The molecule has 6 saturated carbocycles. The van der Waals surface area contributed by atoms with Crippen LogP contribution in [0.25, 0.3) is 0 Å². The second-order valence-corrected chi connectivity index (χ2v) is 13.1. The Kier molecular flexibility index (Phi) is 4.92. The molecule has 4 bridgehead atoms. The summed E-state index contributed by atoms with van der Waals surface area (Å²) in [6.07, 6.45) is 14.7. The van der Waals surface area contributed by atoms with Crippen molar-refractivity contribution in [1.82, 2.24) is 0 Å². The van der Waals surface area contributed by atoms with Crippen molar-refractivity contribution in [2.24, 2.45) is 81.1 Å². The summed E-state index contributed by atoms with van der Waals surface area (Å²) in [7, 11) is 0. The molecule has 6 unspecified atom stereocenters. The molecule has 5 heteroatoms. The van der Waals surface area contributed by atoms with Gasteiger partial charge in [0.15, 0.2) is 0 Å². The molecule has 0 saturated heterocycles. The zero-order valence-electron chi connectivity index (χ0n) is 19.4. The van der Waals surface area contributed by atoms with Crippen molar-refractivity contribution in [3.63, 3.8) is 0 Å². The molecule has 0 aliphatic heterocycles. The van der Waals surface area contributed by atoms with Crippen molar-refractivity contribution in [3.05, 3.63) is 0 Å². The fourth-order valence-corrected chi connectivity index (χ4v) is 11.1. The van der Waals surface area contributed by atoms with Crippen molar-refractivity contribution < 1.29 is 5.11 Å². The van der Waals surface area contributed by atoms with Crippen molar-refractivity contribution in [1.29, 1.82) is 0 Å². The molecule has 31 heavy (non-hydrogen) atoms. The Hall–Kier alpha value is -0.200. The standard InChI is InChI=1S/C26H46N4O/c27-13-15-3-1-5-24(11-15)21-8-17(23(24)29)7-19(21)20-9-18-10-22(20)25(26(18,30)31)6-2-4-16(12-25)14-28/h15-23,31H,1-14,27-30H2/t15-,16+,17?,18-,19?,20?,21?,22-,23?,24+,25-,26?/m0/s1. The number of nitrogens with two attached hydrogens (primary N) is 4. The molecular formula is C26H46N4O. The van der Waals surface area contributed by atoms with E-state index >= 15 is 0 Å².